The molecule has 2 aliphatic rings. The maximum atomic E-state index is 13.7. The highest BCUT2D eigenvalue weighted by Crippen LogP contribution is 2.38. The summed E-state index contributed by atoms with van der Waals surface area (Å²) in [6, 6.07) is 10.8. The number of likely N-dealkylation sites (tertiary alicyclic amines) is 1. The highest BCUT2D eigenvalue weighted by molar-refractivity contribution is 5.76. The van der Waals surface area contributed by atoms with Crippen LogP contribution >= 0.6 is 0 Å². The minimum Gasteiger partial charge on any atom is -0.333 e. The van der Waals surface area contributed by atoms with Gasteiger partial charge >= 0.3 is 12.2 Å². The van der Waals surface area contributed by atoms with Crippen molar-refractivity contribution in [3.63, 3.8) is 0 Å². The molecule has 2 atom stereocenters. The molecule has 2 amide bonds. The van der Waals surface area contributed by atoms with Crippen molar-refractivity contribution in [3.8, 4) is 11.3 Å². The molecule has 35 heavy (non-hydrogen) atoms. The Kier molecular flexibility index (Phi) is 6.00. The van der Waals surface area contributed by atoms with E-state index in [1.165, 1.54) is 24.3 Å². The summed E-state index contributed by atoms with van der Waals surface area (Å²) in [6.45, 7) is 1.62. The van der Waals surface area contributed by atoms with Crippen molar-refractivity contribution in [1.29, 1.82) is 0 Å². The number of carbonyl (C=O) groups is 1. The summed E-state index contributed by atoms with van der Waals surface area (Å²) in [5.41, 5.74) is 2.72. The Morgan fingerprint density at radius 1 is 1.11 bits per heavy atom. The number of urea groups is 1. The van der Waals surface area contributed by atoms with Gasteiger partial charge in [-0.3, -0.25) is 5.10 Å². The third-order valence-corrected chi connectivity index (χ3v) is 6.82. The summed E-state index contributed by atoms with van der Waals surface area (Å²) in [4.78, 5) is 16.8. The maximum absolute atomic E-state index is 13.7. The lowest BCUT2D eigenvalue weighted by Crippen LogP contribution is -2.48. The molecule has 0 spiro atoms. The minimum absolute atomic E-state index is 0.198. The van der Waals surface area contributed by atoms with E-state index in [9.17, 15) is 22.4 Å². The fraction of sp³-hybridized carbons (Fsp3) is 0.360. The zero-order valence-electron chi connectivity index (χ0n) is 19.1. The fourth-order valence-corrected chi connectivity index (χ4v) is 5.11. The van der Waals surface area contributed by atoms with E-state index in [0.717, 1.165) is 22.9 Å². The molecular formula is C25H25F4N5O. The summed E-state index contributed by atoms with van der Waals surface area (Å²) in [7, 11) is 1.84. The summed E-state index contributed by atoms with van der Waals surface area (Å²) < 4.78 is 54.3. The number of hydrogen-bond donors (Lipinski definition) is 2. The van der Waals surface area contributed by atoms with Crippen molar-refractivity contribution >= 4 is 6.03 Å². The van der Waals surface area contributed by atoms with Gasteiger partial charge in [-0.05, 0) is 42.9 Å². The summed E-state index contributed by atoms with van der Waals surface area (Å²) in [5, 5.41) is 10.4. The van der Waals surface area contributed by atoms with Crippen LogP contribution in [0, 0.1) is 5.82 Å². The smallest absolute Gasteiger partial charge is 0.333 e. The Hall–Kier alpha value is -3.40. The minimum atomic E-state index is -4.46. The van der Waals surface area contributed by atoms with Crippen LogP contribution in [0.3, 0.4) is 0 Å². The predicted octanol–water partition coefficient (Wildman–Crippen LogP) is 4.40. The molecule has 3 aromatic rings. The molecule has 184 valence electrons. The van der Waals surface area contributed by atoms with Crippen LogP contribution in [0.25, 0.3) is 11.3 Å². The quantitative estimate of drug-likeness (QED) is 0.539. The maximum Gasteiger partial charge on any atom is 0.416 e. The fourth-order valence-electron chi connectivity index (χ4n) is 5.11. The molecule has 2 N–H and O–H groups in total. The van der Waals surface area contributed by atoms with E-state index >= 15 is 0 Å². The van der Waals surface area contributed by atoms with Crippen LogP contribution in [-0.2, 0) is 19.1 Å². The molecule has 2 aromatic carbocycles. The van der Waals surface area contributed by atoms with E-state index in [1.54, 1.807) is 23.1 Å². The summed E-state index contributed by atoms with van der Waals surface area (Å²) in [5.74, 6) is -0.826. The van der Waals surface area contributed by atoms with Crippen molar-refractivity contribution in [2.24, 2.45) is 0 Å². The molecule has 1 fully saturated rings. The van der Waals surface area contributed by atoms with Crippen molar-refractivity contribution in [3.05, 3.63) is 76.7 Å². The van der Waals surface area contributed by atoms with Gasteiger partial charge in [0.2, 0.25) is 0 Å². The molecule has 5 rings (SSSR count). The summed E-state index contributed by atoms with van der Waals surface area (Å²) in [6.07, 6.45) is -3.89. The molecule has 0 bridgehead atoms. The molecular weight excluding hydrogens is 462 g/mol. The summed E-state index contributed by atoms with van der Waals surface area (Å²) >= 11 is 0. The number of nitrogens with one attached hydrogen (secondary N) is 2. The van der Waals surface area contributed by atoms with Gasteiger partial charge in [-0.2, -0.15) is 18.3 Å². The average molecular weight is 488 g/mol. The Morgan fingerprint density at radius 2 is 1.86 bits per heavy atom. The van der Waals surface area contributed by atoms with Crippen LogP contribution in [0.15, 0.2) is 48.5 Å². The number of alkyl halides is 3. The van der Waals surface area contributed by atoms with Gasteiger partial charge < -0.3 is 15.1 Å². The van der Waals surface area contributed by atoms with Gasteiger partial charge in [-0.15, -0.1) is 0 Å². The standard InChI is InChI=1S/C25H25F4N5O/c1-33-12-18(17-4-2-3-5-20(17)25(27,28)29)22(14-33)30-24(35)34-11-10-21-19(13-34)23(32-31-21)15-6-8-16(26)9-7-15/h2-9,18,22H,10-14H2,1H3,(H,30,35)(H,31,32)/t18-,22?/m0/s1. The van der Waals surface area contributed by atoms with Gasteiger partial charge in [0.25, 0.3) is 0 Å². The van der Waals surface area contributed by atoms with Crippen LogP contribution in [0.5, 0.6) is 0 Å². The van der Waals surface area contributed by atoms with Crippen molar-refractivity contribution in [2.45, 2.75) is 31.1 Å². The predicted molar refractivity (Wildman–Crippen MR) is 122 cm³/mol. The first kappa shape index (κ1) is 23.3. The van der Waals surface area contributed by atoms with Gasteiger partial charge in [-0.1, -0.05) is 18.2 Å². The zero-order chi connectivity index (χ0) is 24.7. The van der Waals surface area contributed by atoms with Crippen LogP contribution in [0.1, 0.15) is 28.3 Å². The van der Waals surface area contributed by atoms with Crippen LogP contribution < -0.4 is 5.32 Å². The Labute approximate surface area is 199 Å². The van der Waals surface area contributed by atoms with E-state index < -0.39 is 23.7 Å². The SMILES string of the molecule is CN1CC(NC(=O)N2CCc3[nH]nc(-c4ccc(F)cc4)c3C2)[C@H](c2ccccc2C(F)(F)F)C1. The van der Waals surface area contributed by atoms with Crippen molar-refractivity contribution in [2.75, 3.05) is 26.7 Å². The number of rotatable bonds is 3. The van der Waals surface area contributed by atoms with Gasteiger partial charge in [0.15, 0.2) is 0 Å². The average Bonchev–Trinajstić information content (AvgIpc) is 3.41. The Bertz CT molecular complexity index is 1220. The van der Waals surface area contributed by atoms with Crippen LogP contribution in [-0.4, -0.2) is 58.8 Å². The van der Waals surface area contributed by atoms with E-state index in [-0.39, 0.29) is 17.4 Å². The number of aromatic nitrogens is 2. The number of benzene rings is 2. The molecule has 1 saturated heterocycles. The molecule has 6 nitrogen and oxygen atoms in total. The lowest BCUT2D eigenvalue weighted by atomic mass is 9.90. The van der Waals surface area contributed by atoms with Crippen LogP contribution in [0.2, 0.25) is 0 Å². The van der Waals surface area contributed by atoms with E-state index in [1.807, 2.05) is 11.9 Å². The van der Waals surface area contributed by atoms with Crippen molar-refractivity contribution in [1.82, 2.24) is 25.3 Å². The van der Waals surface area contributed by atoms with E-state index in [4.69, 9.17) is 0 Å². The molecule has 1 unspecified atom stereocenters. The molecule has 0 saturated carbocycles. The number of carbonyl (C=O) groups excluding carboxylic acids is 1. The second-order valence-corrected chi connectivity index (χ2v) is 9.18. The number of nitrogens with zero attached hydrogens (tertiary/aromatic N) is 3. The van der Waals surface area contributed by atoms with Gasteiger partial charge in [0.05, 0.1) is 23.8 Å². The molecule has 1 aromatic heterocycles. The largest absolute Gasteiger partial charge is 0.416 e. The second kappa shape index (κ2) is 8.99. The monoisotopic (exact) mass is 487 g/mol. The zero-order valence-corrected chi connectivity index (χ0v) is 19.1. The molecule has 2 aliphatic heterocycles. The van der Waals surface area contributed by atoms with Crippen molar-refractivity contribution < 1.29 is 22.4 Å². The van der Waals surface area contributed by atoms with E-state index in [0.29, 0.717) is 38.3 Å². The van der Waals surface area contributed by atoms with Gasteiger partial charge in [-0.25, -0.2) is 9.18 Å². The number of hydrogen-bond acceptors (Lipinski definition) is 3. The molecule has 0 aliphatic carbocycles. The number of halogens is 4. The highest BCUT2D eigenvalue weighted by atomic mass is 19.4. The van der Waals surface area contributed by atoms with E-state index in [2.05, 4.69) is 15.5 Å². The normalized spacial score (nSPS) is 20.7. The number of likely N-dealkylation sites (N-methyl/N-ethyl adjacent to an activating group) is 1. The number of H-pyrrole nitrogens is 1. The lowest BCUT2D eigenvalue weighted by molar-refractivity contribution is -0.138. The first-order valence-electron chi connectivity index (χ1n) is 11.4. The number of fused-ring (bicyclic) bond motifs is 1. The topological polar surface area (TPSA) is 64.3 Å². The number of aromatic amines is 1. The molecule has 3 heterocycles. The third kappa shape index (κ3) is 4.62. The van der Waals surface area contributed by atoms with Crippen LogP contribution in [0.4, 0.5) is 22.4 Å². The van der Waals surface area contributed by atoms with Gasteiger partial charge in [0.1, 0.15) is 5.82 Å². The second-order valence-electron chi connectivity index (χ2n) is 9.18. The molecule has 0 radical (unpaired) electrons. The lowest BCUT2D eigenvalue weighted by Gasteiger charge is -2.30. The Balaban J connectivity index is 1.34. The highest BCUT2D eigenvalue weighted by Gasteiger charge is 2.41. The molecule has 10 heteroatoms. The number of amides is 2. The first-order valence-corrected chi connectivity index (χ1v) is 11.4. The van der Waals surface area contributed by atoms with Gasteiger partial charge in [0, 0.05) is 48.8 Å². The Morgan fingerprint density at radius 3 is 2.60 bits per heavy atom. The first-order chi connectivity index (χ1) is 16.7. The third-order valence-electron chi connectivity index (χ3n) is 6.82.